The van der Waals surface area contributed by atoms with Crippen LogP contribution in [0.2, 0.25) is 0 Å². The van der Waals surface area contributed by atoms with Crippen molar-refractivity contribution in [2.45, 2.75) is 0 Å². The quantitative estimate of drug-likeness (QED) is 0.530. The third-order valence-electron chi connectivity index (χ3n) is 0.568. The van der Waals surface area contributed by atoms with Gasteiger partial charge in [0.1, 0.15) is 0 Å². The number of hydrogen-bond acceptors (Lipinski definition) is 2. The Kier molecular flexibility index (Phi) is 1.36. The molecule has 0 aliphatic carbocycles. The highest BCUT2D eigenvalue weighted by Crippen LogP contribution is 1.95. The second-order valence-electron chi connectivity index (χ2n) is 1.06. The summed E-state index contributed by atoms with van der Waals surface area (Å²) in [6.07, 6.45) is 8.26. The van der Waals surface area contributed by atoms with E-state index in [1.807, 2.05) is 6.08 Å². The predicted molar refractivity (Wildman–Crippen MR) is 30.9 cm³/mol. The van der Waals surface area contributed by atoms with Gasteiger partial charge in [-0.2, -0.15) is 0 Å². The summed E-state index contributed by atoms with van der Waals surface area (Å²) in [5.74, 6) is 0. The Morgan fingerprint density at radius 3 is 2.86 bits per heavy atom. The summed E-state index contributed by atoms with van der Waals surface area (Å²) >= 11 is 3.12. The number of rotatable bonds is 0. The van der Waals surface area contributed by atoms with E-state index in [1.165, 1.54) is 0 Å². The van der Waals surface area contributed by atoms with E-state index in [9.17, 15) is 0 Å². The van der Waals surface area contributed by atoms with Crippen molar-refractivity contribution in [3.63, 3.8) is 0 Å². The zero-order valence-electron chi connectivity index (χ0n) is 3.56. The topological polar surface area (TPSA) is 15.3 Å². The fraction of sp³-hybridized carbons (Fsp3) is 0. The lowest BCUT2D eigenvalue weighted by atomic mass is 10.5. The van der Waals surface area contributed by atoms with Crippen molar-refractivity contribution in [2.75, 3.05) is 0 Å². The molecule has 0 aromatic rings. The highest BCUT2D eigenvalue weighted by molar-refractivity contribution is 9.07. The van der Waals surface area contributed by atoms with E-state index in [0.717, 1.165) is 0 Å². The molecule has 0 atom stereocenters. The minimum absolute atomic E-state index is 1.56. The number of halogens is 1. The first-order valence-electron chi connectivity index (χ1n) is 1.86. The van der Waals surface area contributed by atoms with Crippen LogP contribution >= 0.6 is 16.1 Å². The van der Waals surface area contributed by atoms with Gasteiger partial charge in [0.05, 0.1) is 22.3 Å². The maximum absolute atomic E-state index is 3.12. The largest absolute Gasteiger partial charge is 0.295 e. The molecule has 0 saturated heterocycles. The monoisotopic (exact) mass is 159 g/mol. The zero-order chi connectivity index (χ0) is 5.11. The molecule has 2 nitrogen and oxygen atoms in total. The summed E-state index contributed by atoms with van der Waals surface area (Å²) in [5.41, 5.74) is 2.81. The minimum atomic E-state index is 1.56. The zero-order valence-corrected chi connectivity index (χ0v) is 5.14. The van der Waals surface area contributed by atoms with Gasteiger partial charge in [0.2, 0.25) is 0 Å². The van der Waals surface area contributed by atoms with Crippen LogP contribution in [0.25, 0.3) is 0 Å². The van der Waals surface area contributed by atoms with E-state index in [2.05, 4.69) is 27.8 Å². The van der Waals surface area contributed by atoms with Gasteiger partial charge >= 0.3 is 0 Å². The molecular formula is C4H4BrN2. The molecule has 37 valence electrons. The first-order valence-corrected chi connectivity index (χ1v) is 2.57. The summed E-state index contributed by atoms with van der Waals surface area (Å²) < 4.78 is 1.56. The van der Waals surface area contributed by atoms with Crippen molar-refractivity contribution < 1.29 is 0 Å². The fourth-order valence-electron chi connectivity index (χ4n) is 0.302. The van der Waals surface area contributed by atoms with Crippen LogP contribution in [-0.4, -0.2) is 4.03 Å². The first-order chi connectivity index (χ1) is 3.39. The van der Waals surface area contributed by atoms with Crippen molar-refractivity contribution in [2.24, 2.45) is 0 Å². The van der Waals surface area contributed by atoms with E-state index in [-0.39, 0.29) is 0 Å². The van der Waals surface area contributed by atoms with E-state index < -0.39 is 0 Å². The van der Waals surface area contributed by atoms with Gasteiger partial charge in [-0.25, -0.2) is 4.03 Å². The second kappa shape index (κ2) is 2.02. The lowest BCUT2D eigenvalue weighted by Gasteiger charge is -2.10. The van der Waals surface area contributed by atoms with Gasteiger partial charge in [-0.15, -0.1) is 0 Å². The van der Waals surface area contributed by atoms with E-state index in [4.69, 9.17) is 0 Å². The third kappa shape index (κ3) is 1.23. The summed E-state index contributed by atoms with van der Waals surface area (Å²) in [5, 5.41) is 0. The molecule has 1 radical (unpaired) electrons. The van der Waals surface area contributed by atoms with Crippen molar-refractivity contribution in [1.82, 2.24) is 9.46 Å². The summed E-state index contributed by atoms with van der Waals surface area (Å²) in [6.45, 7) is 0. The predicted octanol–water partition coefficient (Wildman–Crippen LogP) is 0.947. The average Bonchev–Trinajstić information content (AvgIpc) is 1.69. The van der Waals surface area contributed by atoms with Gasteiger partial charge < -0.3 is 0 Å². The number of allylic oxidation sites excluding steroid dienone is 2. The van der Waals surface area contributed by atoms with Crippen LogP contribution in [0.4, 0.5) is 0 Å². The molecule has 0 aromatic heterocycles. The van der Waals surface area contributed by atoms with Crippen LogP contribution in [0.15, 0.2) is 18.4 Å². The Balaban J connectivity index is 2.49. The van der Waals surface area contributed by atoms with Gasteiger partial charge in [-0.1, -0.05) is 0 Å². The molecule has 0 unspecified atom stereocenters. The SMILES string of the molecule is BrN1[C]=CC=CN1. The van der Waals surface area contributed by atoms with Crippen molar-refractivity contribution in [3.8, 4) is 0 Å². The highest BCUT2D eigenvalue weighted by Gasteiger charge is 1.87. The highest BCUT2D eigenvalue weighted by atomic mass is 79.9. The normalized spacial score (nSPS) is 17.0. The number of hydrogen-bond donors (Lipinski definition) is 1. The van der Waals surface area contributed by atoms with E-state index in [1.54, 1.807) is 16.3 Å². The first kappa shape index (κ1) is 4.71. The van der Waals surface area contributed by atoms with Gasteiger partial charge in [0.25, 0.3) is 0 Å². The van der Waals surface area contributed by atoms with E-state index >= 15 is 0 Å². The van der Waals surface area contributed by atoms with Crippen molar-refractivity contribution in [3.05, 3.63) is 24.6 Å². The summed E-state index contributed by atoms with van der Waals surface area (Å²) in [7, 11) is 0. The van der Waals surface area contributed by atoms with Gasteiger partial charge in [-0.05, 0) is 12.2 Å². The molecule has 0 bridgehead atoms. The second-order valence-corrected chi connectivity index (χ2v) is 1.77. The lowest BCUT2D eigenvalue weighted by molar-refractivity contribution is 0.531. The number of hydrazine groups is 1. The Morgan fingerprint density at radius 1 is 1.71 bits per heavy atom. The molecule has 1 aliphatic heterocycles. The van der Waals surface area contributed by atoms with Crippen LogP contribution in [0.5, 0.6) is 0 Å². The molecule has 0 aromatic carbocycles. The molecule has 1 aliphatic rings. The Bertz CT molecular complexity index is 108. The van der Waals surface area contributed by atoms with Crippen LogP contribution < -0.4 is 5.43 Å². The minimum Gasteiger partial charge on any atom is -0.295 e. The Labute approximate surface area is 50.8 Å². The maximum Gasteiger partial charge on any atom is 0.0965 e. The molecule has 1 N–H and O–H groups in total. The van der Waals surface area contributed by atoms with Crippen LogP contribution in [0.3, 0.4) is 0 Å². The molecule has 1 rings (SSSR count). The van der Waals surface area contributed by atoms with Crippen LogP contribution in [-0.2, 0) is 0 Å². The Hall–Kier alpha value is -0.440. The Morgan fingerprint density at radius 2 is 2.57 bits per heavy atom. The van der Waals surface area contributed by atoms with Crippen molar-refractivity contribution in [1.29, 1.82) is 0 Å². The molecule has 0 spiro atoms. The molecule has 1 heterocycles. The molecular weight excluding hydrogens is 156 g/mol. The molecule has 0 amide bonds. The standard InChI is InChI=1S/C4H4BrN2/c5-7-4-2-1-3-6-7/h1-3,6H. The molecule has 0 saturated carbocycles. The fourth-order valence-corrected chi connectivity index (χ4v) is 0.539. The average molecular weight is 160 g/mol. The van der Waals surface area contributed by atoms with Crippen LogP contribution in [0.1, 0.15) is 0 Å². The smallest absolute Gasteiger partial charge is 0.0965 e. The number of nitrogens with zero attached hydrogens (tertiary/aromatic N) is 1. The molecule has 3 heteroatoms. The van der Waals surface area contributed by atoms with Crippen LogP contribution in [0, 0.1) is 6.20 Å². The summed E-state index contributed by atoms with van der Waals surface area (Å²) in [4.78, 5) is 0. The van der Waals surface area contributed by atoms with Gasteiger partial charge in [0, 0.05) is 6.20 Å². The maximum atomic E-state index is 3.12. The molecule has 0 fully saturated rings. The van der Waals surface area contributed by atoms with Crippen molar-refractivity contribution >= 4 is 16.1 Å². The summed E-state index contributed by atoms with van der Waals surface area (Å²) in [6, 6.07) is 0. The van der Waals surface area contributed by atoms with Gasteiger partial charge in [0.15, 0.2) is 0 Å². The number of nitrogens with one attached hydrogen (secondary N) is 1. The van der Waals surface area contributed by atoms with E-state index in [0.29, 0.717) is 0 Å². The van der Waals surface area contributed by atoms with Gasteiger partial charge in [-0.3, -0.25) is 5.43 Å². The molecule has 7 heavy (non-hydrogen) atoms. The third-order valence-corrected chi connectivity index (χ3v) is 0.978. The lowest BCUT2D eigenvalue weighted by Crippen LogP contribution is -2.19.